The standard InChI is InChI=1S/C29H31N5O8/c1-40-22-12-18(13-23(41-2)24(22)42-3)25(35)31-19-8-6-16(7-9-19)26(36)33-30-14-20-27(37)32-29(39)34(28(20)38)21-11-15-4-5-17(21)10-15/h6-9,12-15,17,20-21H,4-5,10-11H2,1-3H3,(H,31,35)(H,33,36)(H,32,37,39)/b30-14-/t15-,17-,20-,21+/m0/s1. The molecular weight excluding hydrogens is 546 g/mol. The lowest BCUT2D eigenvalue weighted by molar-refractivity contribution is -0.141. The minimum Gasteiger partial charge on any atom is -0.493 e. The number of hydrogen-bond acceptors (Lipinski definition) is 9. The van der Waals surface area contributed by atoms with Gasteiger partial charge in [-0.3, -0.25) is 29.4 Å². The number of methoxy groups -OCH3 is 3. The zero-order valence-corrected chi connectivity index (χ0v) is 23.3. The Balaban J connectivity index is 1.19. The number of ether oxygens (including phenoxy) is 3. The van der Waals surface area contributed by atoms with Gasteiger partial charge in [-0.05, 0) is 67.5 Å². The summed E-state index contributed by atoms with van der Waals surface area (Å²) >= 11 is 0. The third kappa shape index (κ3) is 5.49. The molecule has 0 radical (unpaired) electrons. The summed E-state index contributed by atoms with van der Waals surface area (Å²) in [6.07, 6.45) is 4.83. The molecule has 1 saturated heterocycles. The van der Waals surface area contributed by atoms with Crippen LogP contribution in [-0.2, 0) is 9.59 Å². The molecule has 0 aromatic heterocycles. The van der Waals surface area contributed by atoms with Gasteiger partial charge >= 0.3 is 6.03 Å². The highest BCUT2D eigenvalue weighted by molar-refractivity contribution is 6.23. The van der Waals surface area contributed by atoms with Gasteiger partial charge in [0.15, 0.2) is 17.4 Å². The second-order valence-corrected chi connectivity index (χ2v) is 10.4. The maximum Gasteiger partial charge on any atom is 0.331 e. The van der Waals surface area contributed by atoms with Crippen molar-refractivity contribution in [3.05, 3.63) is 47.5 Å². The van der Waals surface area contributed by atoms with Crippen LogP contribution in [0.5, 0.6) is 17.2 Å². The van der Waals surface area contributed by atoms with Crippen molar-refractivity contribution in [3.8, 4) is 17.2 Å². The molecule has 13 heteroatoms. The van der Waals surface area contributed by atoms with E-state index in [-0.39, 0.29) is 23.1 Å². The summed E-state index contributed by atoms with van der Waals surface area (Å²) in [4.78, 5) is 64.5. The van der Waals surface area contributed by atoms with Crippen molar-refractivity contribution >= 4 is 41.6 Å². The first-order chi connectivity index (χ1) is 20.2. The Morgan fingerprint density at radius 2 is 1.62 bits per heavy atom. The molecule has 6 amide bonds. The lowest BCUT2D eigenvalue weighted by Crippen LogP contribution is -2.62. The minimum atomic E-state index is -1.32. The van der Waals surface area contributed by atoms with Crippen LogP contribution in [0.3, 0.4) is 0 Å². The van der Waals surface area contributed by atoms with E-state index in [4.69, 9.17) is 14.2 Å². The van der Waals surface area contributed by atoms with Gasteiger partial charge < -0.3 is 19.5 Å². The number of amides is 6. The number of carbonyl (C=O) groups excluding carboxylic acids is 5. The third-order valence-electron chi connectivity index (χ3n) is 7.99. The first-order valence-corrected chi connectivity index (χ1v) is 13.5. The van der Waals surface area contributed by atoms with Gasteiger partial charge in [-0.2, -0.15) is 5.10 Å². The van der Waals surface area contributed by atoms with E-state index in [9.17, 15) is 24.0 Å². The number of barbiturate groups is 1. The molecule has 1 aliphatic heterocycles. The normalized spacial score (nSPS) is 23.1. The highest BCUT2D eigenvalue weighted by Crippen LogP contribution is 2.47. The van der Waals surface area contributed by atoms with Crippen molar-refractivity contribution in [1.82, 2.24) is 15.6 Å². The van der Waals surface area contributed by atoms with Crippen LogP contribution in [0.25, 0.3) is 0 Å². The average molecular weight is 578 g/mol. The fourth-order valence-corrected chi connectivity index (χ4v) is 5.93. The van der Waals surface area contributed by atoms with Gasteiger partial charge in [0.2, 0.25) is 17.6 Å². The van der Waals surface area contributed by atoms with Crippen LogP contribution in [0.4, 0.5) is 10.5 Å². The highest BCUT2D eigenvalue weighted by Gasteiger charge is 2.50. The number of nitrogens with zero attached hydrogens (tertiary/aromatic N) is 2. The summed E-state index contributed by atoms with van der Waals surface area (Å²) in [6.45, 7) is 0. The number of benzene rings is 2. The van der Waals surface area contributed by atoms with E-state index in [2.05, 4.69) is 21.2 Å². The van der Waals surface area contributed by atoms with E-state index < -0.39 is 35.6 Å². The maximum atomic E-state index is 13.1. The molecule has 3 N–H and O–H groups in total. The molecule has 0 spiro atoms. The van der Waals surface area contributed by atoms with Crippen LogP contribution in [0.15, 0.2) is 41.5 Å². The van der Waals surface area contributed by atoms with Crippen molar-refractivity contribution in [2.24, 2.45) is 22.9 Å². The number of hydrogen-bond donors (Lipinski definition) is 3. The molecule has 2 bridgehead atoms. The monoisotopic (exact) mass is 577 g/mol. The molecule has 2 aromatic carbocycles. The second-order valence-electron chi connectivity index (χ2n) is 10.4. The SMILES string of the molecule is COc1cc(C(=O)Nc2ccc(C(=O)N/N=C\[C@H]3C(=O)NC(=O)N([C@@H]4C[C@H]5CC[C@H]4C5)C3=O)cc2)cc(OC)c1OC. The number of urea groups is 1. The van der Waals surface area contributed by atoms with Gasteiger partial charge in [0, 0.05) is 29.1 Å². The van der Waals surface area contributed by atoms with Gasteiger partial charge in [-0.1, -0.05) is 6.42 Å². The zero-order chi connectivity index (χ0) is 30.0. The Morgan fingerprint density at radius 3 is 2.19 bits per heavy atom. The Morgan fingerprint density at radius 1 is 0.929 bits per heavy atom. The Labute approximate surface area is 241 Å². The molecule has 3 fully saturated rings. The van der Waals surface area contributed by atoms with E-state index in [0.29, 0.717) is 28.9 Å². The Bertz CT molecular complexity index is 1430. The first-order valence-electron chi connectivity index (χ1n) is 13.5. The second kappa shape index (κ2) is 11.9. The largest absolute Gasteiger partial charge is 0.493 e. The van der Waals surface area contributed by atoms with Gasteiger partial charge in [0.05, 0.1) is 21.3 Å². The third-order valence-corrected chi connectivity index (χ3v) is 7.99. The lowest BCUT2D eigenvalue weighted by atomic mass is 9.92. The number of fused-ring (bicyclic) bond motifs is 2. The lowest BCUT2D eigenvalue weighted by Gasteiger charge is -2.36. The van der Waals surface area contributed by atoms with Gasteiger partial charge in [-0.15, -0.1) is 0 Å². The molecule has 4 atom stereocenters. The summed E-state index contributed by atoms with van der Waals surface area (Å²) in [7, 11) is 4.36. The summed E-state index contributed by atoms with van der Waals surface area (Å²) in [5.41, 5.74) is 3.21. The summed E-state index contributed by atoms with van der Waals surface area (Å²) < 4.78 is 15.9. The summed E-state index contributed by atoms with van der Waals surface area (Å²) in [5, 5.41) is 8.79. The Hall–Kier alpha value is -4.94. The smallest absolute Gasteiger partial charge is 0.331 e. The number of nitrogens with one attached hydrogen (secondary N) is 3. The predicted molar refractivity (Wildman–Crippen MR) is 150 cm³/mol. The molecule has 2 aromatic rings. The van der Waals surface area contributed by atoms with Crippen LogP contribution < -0.4 is 30.3 Å². The molecule has 0 unspecified atom stereocenters. The molecule has 3 aliphatic rings. The average Bonchev–Trinajstić information content (AvgIpc) is 3.62. The molecule has 42 heavy (non-hydrogen) atoms. The predicted octanol–water partition coefficient (Wildman–Crippen LogP) is 2.56. The molecule has 2 saturated carbocycles. The fourth-order valence-electron chi connectivity index (χ4n) is 5.93. The highest BCUT2D eigenvalue weighted by atomic mass is 16.5. The molecule has 2 aliphatic carbocycles. The first kappa shape index (κ1) is 28.6. The topological polar surface area (TPSA) is 165 Å². The zero-order valence-electron chi connectivity index (χ0n) is 23.3. The van der Waals surface area contributed by atoms with E-state index >= 15 is 0 Å². The van der Waals surface area contributed by atoms with E-state index in [1.807, 2.05) is 0 Å². The summed E-state index contributed by atoms with van der Waals surface area (Å²) in [5.74, 6) is -2.02. The quantitative estimate of drug-likeness (QED) is 0.232. The molecular formula is C29H31N5O8. The van der Waals surface area contributed by atoms with Crippen molar-refractivity contribution in [2.45, 2.75) is 31.7 Å². The van der Waals surface area contributed by atoms with E-state index in [1.54, 1.807) is 0 Å². The summed E-state index contributed by atoms with van der Waals surface area (Å²) in [6, 6.07) is 8.13. The van der Waals surface area contributed by atoms with E-state index in [1.165, 1.54) is 57.7 Å². The van der Waals surface area contributed by atoms with Crippen molar-refractivity contribution < 1.29 is 38.2 Å². The van der Waals surface area contributed by atoms with Crippen LogP contribution in [0, 0.1) is 17.8 Å². The van der Waals surface area contributed by atoms with Gasteiger partial charge in [-0.25, -0.2) is 10.2 Å². The van der Waals surface area contributed by atoms with Crippen molar-refractivity contribution in [1.29, 1.82) is 0 Å². The maximum absolute atomic E-state index is 13.1. The number of rotatable bonds is 9. The van der Waals surface area contributed by atoms with Gasteiger partial charge in [0.1, 0.15) is 0 Å². The molecule has 13 nitrogen and oxygen atoms in total. The minimum absolute atomic E-state index is 0.219. The molecule has 1 heterocycles. The Kier molecular flexibility index (Phi) is 8.09. The number of carbonyl (C=O) groups is 5. The number of anilines is 1. The van der Waals surface area contributed by atoms with Crippen LogP contribution in [0.2, 0.25) is 0 Å². The fraction of sp³-hybridized carbons (Fsp3) is 0.379. The van der Waals surface area contributed by atoms with Gasteiger partial charge in [0.25, 0.3) is 11.8 Å². The number of hydrazone groups is 1. The molecule has 5 rings (SSSR count). The number of imide groups is 2. The van der Waals surface area contributed by atoms with Crippen LogP contribution in [-0.4, -0.2) is 68.1 Å². The van der Waals surface area contributed by atoms with Crippen LogP contribution >= 0.6 is 0 Å². The van der Waals surface area contributed by atoms with Crippen LogP contribution in [0.1, 0.15) is 46.4 Å². The van der Waals surface area contributed by atoms with Crippen molar-refractivity contribution in [3.63, 3.8) is 0 Å². The molecule has 220 valence electrons. The van der Waals surface area contributed by atoms with Crippen molar-refractivity contribution in [2.75, 3.05) is 26.6 Å². The van der Waals surface area contributed by atoms with E-state index in [0.717, 1.165) is 36.8 Å².